The fourth-order valence-corrected chi connectivity index (χ4v) is 7.38. The topological polar surface area (TPSA) is 80.3 Å². The van der Waals surface area contributed by atoms with E-state index in [0.29, 0.717) is 12.5 Å². The van der Waals surface area contributed by atoms with E-state index >= 15 is 0 Å². The smallest absolute Gasteiger partial charge is 0.183 e. The molecule has 1 saturated heterocycles. The van der Waals surface area contributed by atoms with Gasteiger partial charge in [0, 0.05) is 6.04 Å². The van der Waals surface area contributed by atoms with Crippen molar-refractivity contribution >= 4 is 19.7 Å². The molecule has 8 heteroatoms. The maximum Gasteiger partial charge on any atom is 0.183 e. The zero-order chi connectivity index (χ0) is 17.3. The first-order valence-corrected chi connectivity index (χ1v) is 10.9. The second-order valence-electron chi connectivity index (χ2n) is 6.36. The van der Waals surface area contributed by atoms with Crippen LogP contribution in [0.3, 0.4) is 0 Å². The van der Waals surface area contributed by atoms with Crippen molar-refractivity contribution in [3.8, 4) is 0 Å². The fourth-order valence-electron chi connectivity index (χ4n) is 2.67. The summed E-state index contributed by atoms with van der Waals surface area (Å²) in [7, 11) is -7.25. The molecular formula is C15H22FNO4S2. The van der Waals surface area contributed by atoms with Gasteiger partial charge < -0.3 is 5.32 Å². The van der Waals surface area contributed by atoms with E-state index < -0.39 is 42.5 Å². The van der Waals surface area contributed by atoms with Gasteiger partial charge in [0.05, 0.1) is 21.7 Å². The summed E-state index contributed by atoms with van der Waals surface area (Å²) in [6.45, 7) is 4.65. The summed E-state index contributed by atoms with van der Waals surface area (Å²) in [5.41, 5.74) is 0. The Bertz CT molecular complexity index is 742. The Labute approximate surface area is 137 Å². The molecule has 2 atom stereocenters. The van der Waals surface area contributed by atoms with Crippen LogP contribution in [0.4, 0.5) is 4.39 Å². The lowest BCUT2D eigenvalue weighted by Gasteiger charge is -2.20. The molecule has 5 nitrogen and oxygen atoms in total. The van der Waals surface area contributed by atoms with E-state index in [0.717, 1.165) is 18.6 Å². The lowest BCUT2D eigenvalue weighted by Crippen LogP contribution is -2.43. The predicted molar refractivity (Wildman–Crippen MR) is 87.3 cm³/mol. The van der Waals surface area contributed by atoms with Crippen molar-refractivity contribution in [3.05, 3.63) is 30.1 Å². The van der Waals surface area contributed by atoms with E-state index in [1.54, 1.807) is 0 Å². The quantitative estimate of drug-likeness (QED) is 0.773. The van der Waals surface area contributed by atoms with Crippen LogP contribution >= 0.6 is 0 Å². The van der Waals surface area contributed by atoms with Gasteiger partial charge in [-0.05, 0) is 43.1 Å². The molecule has 0 spiro atoms. The molecule has 1 heterocycles. The minimum absolute atomic E-state index is 0.0448. The number of benzene rings is 1. The summed E-state index contributed by atoms with van der Waals surface area (Å²) in [4.78, 5) is -0.0448. The molecular weight excluding hydrogens is 341 g/mol. The van der Waals surface area contributed by atoms with Gasteiger partial charge in [0.2, 0.25) is 0 Å². The second-order valence-corrected chi connectivity index (χ2v) is 10.7. The van der Waals surface area contributed by atoms with Crippen LogP contribution in [0.2, 0.25) is 0 Å². The number of hydrogen-bond acceptors (Lipinski definition) is 5. The van der Waals surface area contributed by atoms with E-state index in [2.05, 4.69) is 5.32 Å². The maximum atomic E-state index is 13.0. The standard InChI is InChI=1S/C15H22FNO4S2/c1-11(2)7-8-17-14-9-22(18,19)10-15(14)23(20,21)13-5-3-12(16)4-6-13/h3-6,11,14-15,17H,7-10H2,1-2H3. The molecule has 1 aliphatic rings. The molecule has 0 bridgehead atoms. The van der Waals surface area contributed by atoms with Gasteiger partial charge in [0.25, 0.3) is 0 Å². The van der Waals surface area contributed by atoms with Crippen LogP contribution < -0.4 is 5.32 Å². The van der Waals surface area contributed by atoms with E-state index in [4.69, 9.17) is 0 Å². The van der Waals surface area contributed by atoms with E-state index in [1.165, 1.54) is 12.1 Å². The third-order valence-electron chi connectivity index (χ3n) is 3.97. The molecule has 0 radical (unpaired) electrons. The summed E-state index contributed by atoms with van der Waals surface area (Å²) < 4.78 is 62.3. The Morgan fingerprint density at radius 1 is 1.22 bits per heavy atom. The van der Waals surface area contributed by atoms with Crippen molar-refractivity contribution in [2.45, 2.75) is 36.5 Å². The van der Waals surface area contributed by atoms with E-state index in [1.807, 2.05) is 13.8 Å². The number of hydrogen-bond donors (Lipinski definition) is 1. The highest BCUT2D eigenvalue weighted by atomic mass is 32.2. The molecule has 0 aromatic heterocycles. The van der Waals surface area contributed by atoms with Crippen LogP contribution in [-0.4, -0.2) is 46.2 Å². The van der Waals surface area contributed by atoms with Crippen molar-refractivity contribution in [1.29, 1.82) is 0 Å². The Kier molecular flexibility index (Phi) is 5.48. The maximum absolute atomic E-state index is 13.0. The van der Waals surface area contributed by atoms with Crippen molar-refractivity contribution in [2.24, 2.45) is 5.92 Å². The first-order chi connectivity index (χ1) is 10.6. The molecule has 2 unspecified atom stereocenters. The third-order valence-corrected chi connectivity index (χ3v) is 8.14. The van der Waals surface area contributed by atoms with Gasteiger partial charge in [-0.3, -0.25) is 0 Å². The SMILES string of the molecule is CC(C)CCNC1CS(=O)(=O)CC1S(=O)(=O)c1ccc(F)cc1. The molecule has 0 saturated carbocycles. The molecule has 0 amide bonds. The van der Waals surface area contributed by atoms with Gasteiger partial charge in [-0.15, -0.1) is 0 Å². The fraction of sp³-hybridized carbons (Fsp3) is 0.600. The molecule has 23 heavy (non-hydrogen) atoms. The third kappa shape index (κ3) is 4.51. The highest BCUT2D eigenvalue weighted by Gasteiger charge is 2.45. The molecule has 130 valence electrons. The Morgan fingerprint density at radius 3 is 2.39 bits per heavy atom. The molecule has 1 aliphatic heterocycles. The Morgan fingerprint density at radius 2 is 1.83 bits per heavy atom. The minimum Gasteiger partial charge on any atom is -0.312 e. The van der Waals surface area contributed by atoms with Crippen LogP contribution in [0.25, 0.3) is 0 Å². The molecule has 2 rings (SSSR count). The minimum atomic E-state index is -3.83. The van der Waals surface area contributed by atoms with Crippen LogP contribution in [0.15, 0.2) is 29.2 Å². The van der Waals surface area contributed by atoms with Gasteiger partial charge in [-0.1, -0.05) is 13.8 Å². The Balaban J connectivity index is 2.24. The van der Waals surface area contributed by atoms with Gasteiger partial charge in [-0.2, -0.15) is 0 Å². The van der Waals surface area contributed by atoms with Crippen molar-refractivity contribution < 1.29 is 21.2 Å². The largest absolute Gasteiger partial charge is 0.312 e. The van der Waals surface area contributed by atoms with Crippen LogP contribution in [-0.2, 0) is 19.7 Å². The van der Waals surface area contributed by atoms with Crippen LogP contribution in [0.1, 0.15) is 20.3 Å². The van der Waals surface area contributed by atoms with Gasteiger partial charge >= 0.3 is 0 Å². The molecule has 1 N–H and O–H groups in total. The summed E-state index contributed by atoms with van der Waals surface area (Å²) in [5.74, 6) is -0.676. The number of sulfone groups is 2. The predicted octanol–water partition coefficient (Wildman–Crippen LogP) is 1.40. The summed E-state index contributed by atoms with van der Waals surface area (Å²) in [5, 5.41) is 2.04. The van der Waals surface area contributed by atoms with Gasteiger partial charge in [0.1, 0.15) is 5.82 Å². The highest BCUT2D eigenvalue weighted by molar-refractivity contribution is 7.96. The van der Waals surface area contributed by atoms with Crippen LogP contribution in [0.5, 0.6) is 0 Å². The first-order valence-electron chi connectivity index (χ1n) is 7.55. The Hall–Kier alpha value is -0.990. The summed E-state index contributed by atoms with van der Waals surface area (Å²) in [6.07, 6.45) is 0.833. The molecule has 1 aromatic rings. The normalized spacial score (nSPS) is 24.2. The molecule has 1 aromatic carbocycles. The number of rotatable bonds is 6. The first kappa shape index (κ1) is 18.4. The molecule has 1 fully saturated rings. The lowest BCUT2D eigenvalue weighted by atomic mass is 10.1. The monoisotopic (exact) mass is 363 g/mol. The van der Waals surface area contributed by atoms with Crippen molar-refractivity contribution in [2.75, 3.05) is 18.1 Å². The number of halogens is 1. The average molecular weight is 363 g/mol. The van der Waals surface area contributed by atoms with Crippen LogP contribution in [0, 0.1) is 11.7 Å². The zero-order valence-corrected chi connectivity index (χ0v) is 14.8. The van der Waals surface area contributed by atoms with Gasteiger partial charge in [0.15, 0.2) is 19.7 Å². The second kappa shape index (κ2) is 6.86. The highest BCUT2D eigenvalue weighted by Crippen LogP contribution is 2.26. The van der Waals surface area contributed by atoms with Crippen molar-refractivity contribution in [3.63, 3.8) is 0 Å². The summed E-state index contributed by atoms with van der Waals surface area (Å²) in [6, 6.07) is 3.87. The lowest BCUT2D eigenvalue weighted by molar-refractivity contribution is 0.483. The summed E-state index contributed by atoms with van der Waals surface area (Å²) >= 11 is 0. The number of nitrogens with one attached hydrogen (secondary N) is 1. The van der Waals surface area contributed by atoms with Crippen molar-refractivity contribution in [1.82, 2.24) is 5.32 Å². The molecule has 0 aliphatic carbocycles. The zero-order valence-electron chi connectivity index (χ0n) is 13.2. The van der Waals surface area contributed by atoms with Gasteiger partial charge in [-0.25, -0.2) is 21.2 Å². The van der Waals surface area contributed by atoms with E-state index in [9.17, 15) is 21.2 Å². The average Bonchev–Trinajstić information content (AvgIpc) is 2.75. The van der Waals surface area contributed by atoms with E-state index in [-0.39, 0.29) is 10.6 Å².